The second kappa shape index (κ2) is 9.58. The van der Waals surface area contributed by atoms with Crippen LogP contribution in [-0.2, 0) is 4.79 Å². The molecule has 3 aromatic carbocycles. The molecule has 0 saturated carbocycles. The van der Waals surface area contributed by atoms with Gasteiger partial charge in [0.1, 0.15) is 11.5 Å². The third kappa shape index (κ3) is 5.11. The average Bonchev–Trinajstić information content (AvgIpc) is 2.74. The fourth-order valence-corrected chi connectivity index (χ4v) is 2.85. The molecule has 0 bridgehead atoms. The van der Waals surface area contributed by atoms with Gasteiger partial charge in [-0.15, -0.1) is 0 Å². The summed E-state index contributed by atoms with van der Waals surface area (Å²) in [5.74, 6) is 1.96. The average molecular weight is 376 g/mol. The molecule has 0 heterocycles. The minimum Gasteiger partial charge on any atom is -0.496 e. The Bertz CT molecular complexity index is 912. The monoisotopic (exact) mass is 376 g/mol. The largest absolute Gasteiger partial charge is 0.496 e. The number of benzene rings is 3. The quantitative estimate of drug-likeness (QED) is 0.594. The lowest BCUT2D eigenvalue weighted by Crippen LogP contribution is -2.30. The number of hydrogen-bond acceptors (Lipinski definition) is 4. The first-order chi connectivity index (χ1) is 13.7. The summed E-state index contributed by atoms with van der Waals surface area (Å²) in [7, 11) is 1.64. The number of anilines is 1. The topological polar surface area (TPSA) is 59.6 Å². The maximum atomic E-state index is 12.4. The van der Waals surface area contributed by atoms with Crippen molar-refractivity contribution >= 4 is 11.6 Å². The second-order valence-electron chi connectivity index (χ2n) is 6.30. The summed E-state index contributed by atoms with van der Waals surface area (Å²) in [6.45, 7) is 2.16. The number of hydrogen-bond donors (Lipinski definition) is 2. The standard InChI is InChI=1S/C23H24N2O3/c1-17(19-12-6-8-14-21(19)27-2)24-16-23(26)25-20-13-7-9-15-22(20)28-18-10-4-3-5-11-18/h3-15,17,24H,16H2,1-2H3,(H,25,26)/t17-/m1/s1. The molecule has 0 unspecified atom stereocenters. The van der Waals surface area contributed by atoms with E-state index < -0.39 is 0 Å². The zero-order valence-electron chi connectivity index (χ0n) is 16.0. The van der Waals surface area contributed by atoms with E-state index in [0.29, 0.717) is 17.2 Å². The third-order valence-corrected chi connectivity index (χ3v) is 4.31. The maximum Gasteiger partial charge on any atom is 0.238 e. The molecule has 0 spiro atoms. The smallest absolute Gasteiger partial charge is 0.238 e. The van der Waals surface area contributed by atoms with Gasteiger partial charge in [-0.05, 0) is 37.3 Å². The van der Waals surface area contributed by atoms with Gasteiger partial charge < -0.3 is 20.1 Å². The van der Waals surface area contributed by atoms with Crippen molar-refractivity contribution in [2.75, 3.05) is 19.0 Å². The van der Waals surface area contributed by atoms with Gasteiger partial charge in [0.25, 0.3) is 0 Å². The molecule has 0 saturated heterocycles. The van der Waals surface area contributed by atoms with Gasteiger partial charge in [-0.25, -0.2) is 0 Å². The van der Waals surface area contributed by atoms with Crippen molar-refractivity contribution in [2.24, 2.45) is 0 Å². The SMILES string of the molecule is COc1ccccc1[C@@H](C)NCC(=O)Nc1ccccc1Oc1ccccc1. The predicted octanol–water partition coefficient (Wildman–Crippen LogP) is 4.78. The Kier molecular flexibility index (Phi) is 6.65. The minimum atomic E-state index is -0.147. The van der Waals surface area contributed by atoms with Crippen molar-refractivity contribution in [3.8, 4) is 17.2 Å². The molecule has 0 aliphatic heterocycles. The number of nitrogens with one attached hydrogen (secondary N) is 2. The molecule has 0 aliphatic rings. The summed E-state index contributed by atoms with van der Waals surface area (Å²) >= 11 is 0. The van der Waals surface area contributed by atoms with E-state index in [4.69, 9.17) is 9.47 Å². The highest BCUT2D eigenvalue weighted by molar-refractivity contribution is 5.93. The van der Waals surface area contributed by atoms with Gasteiger partial charge in [0.15, 0.2) is 5.75 Å². The van der Waals surface area contributed by atoms with Crippen molar-refractivity contribution in [3.05, 3.63) is 84.4 Å². The molecule has 5 heteroatoms. The molecular weight excluding hydrogens is 352 g/mol. The number of methoxy groups -OCH3 is 1. The lowest BCUT2D eigenvalue weighted by Gasteiger charge is -2.17. The molecule has 2 N–H and O–H groups in total. The van der Waals surface area contributed by atoms with Gasteiger partial charge in [-0.1, -0.05) is 48.5 Å². The molecule has 0 aliphatic carbocycles. The third-order valence-electron chi connectivity index (χ3n) is 4.31. The molecule has 5 nitrogen and oxygen atoms in total. The molecule has 144 valence electrons. The second-order valence-corrected chi connectivity index (χ2v) is 6.30. The fraction of sp³-hybridized carbons (Fsp3) is 0.174. The minimum absolute atomic E-state index is 0.0299. The number of amides is 1. The van der Waals surface area contributed by atoms with Crippen LogP contribution in [0.15, 0.2) is 78.9 Å². The highest BCUT2D eigenvalue weighted by Crippen LogP contribution is 2.29. The van der Waals surface area contributed by atoms with Crippen LogP contribution in [0.4, 0.5) is 5.69 Å². The molecule has 0 radical (unpaired) electrons. The Morgan fingerprint density at radius 1 is 0.893 bits per heavy atom. The zero-order valence-corrected chi connectivity index (χ0v) is 16.0. The van der Waals surface area contributed by atoms with Crippen LogP contribution in [0.3, 0.4) is 0 Å². The van der Waals surface area contributed by atoms with E-state index in [9.17, 15) is 4.79 Å². The van der Waals surface area contributed by atoms with Crippen LogP contribution in [0, 0.1) is 0 Å². The highest BCUT2D eigenvalue weighted by atomic mass is 16.5. The van der Waals surface area contributed by atoms with E-state index in [1.54, 1.807) is 7.11 Å². The van der Waals surface area contributed by atoms with Crippen molar-refractivity contribution < 1.29 is 14.3 Å². The summed E-state index contributed by atoms with van der Waals surface area (Å²) in [4.78, 5) is 12.4. The van der Waals surface area contributed by atoms with Crippen LogP contribution >= 0.6 is 0 Å². The Morgan fingerprint density at radius 2 is 1.54 bits per heavy atom. The van der Waals surface area contributed by atoms with Gasteiger partial charge in [-0.2, -0.15) is 0 Å². The Morgan fingerprint density at radius 3 is 2.29 bits per heavy atom. The molecule has 0 aromatic heterocycles. The first-order valence-corrected chi connectivity index (χ1v) is 9.15. The van der Waals surface area contributed by atoms with Gasteiger partial charge in [-0.3, -0.25) is 4.79 Å². The van der Waals surface area contributed by atoms with Crippen LogP contribution in [0.5, 0.6) is 17.2 Å². The lowest BCUT2D eigenvalue weighted by molar-refractivity contribution is -0.115. The highest BCUT2D eigenvalue weighted by Gasteiger charge is 2.13. The van der Waals surface area contributed by atoms with Crippen LogP contribution in [0.2, 0.25) is 0 Å². The number of carbonyl (C=O) groups is 1. The van der Waals surface area contributed by atoms with Gasteiger partial charge in [0.05, 0.1) is 19.3 Å². The van der Waals surface area contributed by atoms with E-state index in [1.165, 1.54) is 0 Å². The maximum absolute atomic E-state index is 12.4. The summed E-state index contributed by atoms with van der Waals surface area (Å²) < 4.78 is 11.3. The molecule has 3 aromatic rings. The zero-order chi connectivity index (χ0) is 19.8. The molecule has 1 atom stereocenters. The summed E-state index contributed by atoms with van der Waals surface area (Å²) in [6, 6.07) is 24.6. The molecule has 1 amide bonds. The van der Waals surface area contributed by atoms with Gasteiger partial charge >= 0.3 is 0 Å². The van der Waals surface area contributed by atoms with Crippen molar-refractivity contribution in [3.63, 3.8) is 0 Å². The molecule has 3 rings (SSSR count). The predicted molar refractivity (Wildman–Crippen MR) is 111 cm³/mol. The van der Waals surface area contributed by atoms with E-state index in [0.717, 1.165) is 11.3 Å². The molecular formula is C23H24N2O3. The van der Waals surface area contributed by atoms with E-state index >= 15 is 0 Å². The molecule has 0 fully saturated rings. The van der Waals surface area contributed by atoms with Gasteiger partial charge in [0.2, 0.25) is 5.91 Å². The van der Waals surface area contributed by atoms with Crippen molar-refractivity contribution in [2.45, 2.75) is 13.0 Å². The van der Waals surface area contributed by atoms with Crippen LogP contribution in [0.1, 0.15) is 18.5 Å². The first-order valence-electron chi connectivity index (χ1n) is 9.15. The number of para-hydroxylation sites is 4. The Balaban J connectivity index is 1.61. The van der Waals surface area contributed by atoms with E-state index in [2.05, 4.69) is 10.6 Å². The number of ether oxygens (including phenoxy) is 2. The summed E-state index contributed by atoms with van der Waals surface area (Å²) in [5, 5.41) is 6.14. The van der Waals surface area contributed by atoms with Crippen LogP contribution < -0.4 is 20.1 Å². The molecule has 28 heavy (non-hydrogen) atoms. The Hall–Kier alpha value is -3.31. The number of carbonyl (C=O) groups excluding carboxylic acids is 1. The van der Waals surface area contributed by atoms with Crippen LogP contribution in [0.25, 0.3) is 0 Å². The van der Waals surface area contributed by atoms with E-state index in [1.807, 2.05) is 85.8 Å². The number of rotatable bonds is 8. The lowest BCUT2D eigenvalue weighted by atomic mass is 10.1. The summed E-state index contributed by atoms with van der Waals surface area (Å²) in [6.07, 6.45) is 0. The van der Waals surface area contributed by atoms with E-state index in [-0.39, 0.29) is 18.5 Å². The Labute approximate surface area is 165 Å². The summed E-state index contributed by atoms with van der Waals surface area (Å²) in [5.41, 5.74) is 1.63. The van der Waals surface area contributed by atoms with Crippen LogP contribution in [-0.4, -0.2) is 19.6 Å². The van der Waals surface area contributed by atoms with Crippen molar-refractivity contribution in [1.29, 1.82) is 0 Å². The fourth-order valence-electron chi connectivity index (χ4n) is 2.85. The van der Waals surface area contributed by atoms with Gasteiger partial charge in [0, 0.05) is 11.6 Å². The van der Waals surface area contributed by atoms with Crippen molar-refractivity contribution in [1.82, 2.24) is 5.32 Å². The first kappa shape index (κ1) is 19.5. The normalized spacial score (nSPS) is 11.5.